The summed E-state index contributed by atoms with van der Waals surface area (Å²) in [4.78, 5) is 13.9. The van der Waals surface area contributed by atoms with Crippen LogP contribution in [0.3, 0.4) is 0 Å². The molecule has 0 spiro atoms. The van der Waals surface area contributed by atoms with E-state index in [1.165, 1.54) is 0 Å². The van der Waals surface area contributed by atoms with Crippen LogP contribution in [0.4, 0.5) is 11.5 Å². The van der Waals surface area contributed by atoms with Gasteiger partial charge in [-0.25, -0.2) is 0 Å². The average Bonchev–Trinajstić information content (AvgIpc) is 3.03. The number of nitrogens with zero attached hydrogens (tertiary/aromatic N) is 3. The second kappa shape index (κ2) is 7.14. The maximum Gasteiger partial charge on any atom is 0.271 e. The lowest BCUT2D eigenvalue weighted by molar-refractivity contribution is 0.0945. The summed E-state index contributed by atoms with van der Waals surface area (Å²) in [7, 11) is 3.89. The number of aromatic nitrogens is 2. The molecule has 24 heavy (non-hydrogen) atoms. The predicted molar refractivity (Wildman–Crippen MR) is 88.8 cm³/mol. The zero-order chi connectivity index (χ0) is 16.9. The fourth-order valence-electron chi connectivity index (χ4n) is 2.13. The lowest BCUT2D eigenvalue weighted by Crippen LogP contribution is -2.31. The zero-order valence-corrected chi connectivity index (χ0v) is 13.6. The Morgan fingerprint density at radius 1 is 1.17 bits per heavy atom. The molecule has 0 saturated heterocycles. The Kier molecular flexibility index (Phi) is 4.76. The second-order valence-corrected chi connectivity index (χ2v) is 5.56. The van der Waals surface area contributed by atoms with E-state index in [2.05, 4.69) is 20.8 Å². The predicted octanol–water partition coefficient (Wildman–Crippen LogP) is 1.24. The number of amides is 1. The summed E-state index contributed by atoms with van der Waals surface area (Å²) in [5, 5.41) is 13.9. The van der Waals surface area contributed by atoms with E-state index in [1.54, 1.807) is 12.1 Å². The van der Waals surface area contributed by atoms with E-state index in [4.69, 9.17) is 9.47 Å². The summed E-state index contributed by atoms with van der Waals surface area (Å²) in [6, 6.07) is 8.85. The van der Waals surface area contributed by atoms with Gasteiger partial charge < -0.3 is 25.0 Å². The molecule has 8 heteroatoms. The van der Waals surface area contributed by atoms with Gasteiger partial charge >= 0.3 is 0 Å². The minimum absolute atomic E-state index is 0.232. The van der Waals surface area contributed by atoms with Crippen LogP contribution in [-0.2, 0) is 0 Å². The lowest BCUT2D eigenvalue weighted by atomic mass is 10.2. The minimum atomic E-state index is -0.237. The Labute approximate surface area is 139 Å². The fourth-order valence-corrected chi connectivity index (χ4v) is 2.13. The van der Waals surface area contributed by atoms with Crippen molar-refractivity contribution in [2.45, 2.75) is 0 Å². The molecule has 3 rings (SSSR count). The number of anilines is 2. The average molecular weight is 329 g/mol. The van der Waals surface area contributed by atoms with Crippen molar-refractivity contribution in [3.05, 3.63) is 36.0 Å². The highest BCUT2D eigenvalue weighted by molar-refractivity contribution is 5.92. The van der Waals surface area contributed by atoms with Gasteiger partial charge in [0, 0.05) is 24.8 Å². The van der Waals surface area contributed by atoms with Gasteiger partial charge in [-0.1, -0.05) is 0 Å². The number of ether oxygens (including phenoxy) is 2. The highest BCUT2D eigenvalue weighted by atomic mass is 16.7. The lowest BCUT2D eigenvalue weighted by Gasteiger charge is -2.10. The molecule has 0 fully saturated rings. The van der Waals surface area contributed by atoms with Crippen molar-refractivity contribution in [1.82, 2.24) is 20.4 Å². The van der Waals surface area contributed by atoms with Gasteiger partial charge in [-0.3, -0.25) is 4.79 Å². The van der Waals surface area contributed by atoms with Crippen LogP contribution in [0.15, 0.2) is 30.3 Å². The van der Waals surface area contributed by atoms with Crippen LogP contribution in [0.5, 0.6) is 11.5 Å². The monoisotopic (exact) mass is 329 g/mol. The van der Waals surface area contributed by atoms with E-state index in [0.717, 1.165) is 18.0 Å². The summed E-state index contributed by atoms with van der Waals surface area (Å²) in [5.41, 5.74) is 1.08. The second-order valence-electron chi connectivity index (χ2n) is 5.56. The number of fused-ring (bicyclic) bond motifs is 1. The van der Waals surface area contributed by atoms with Gasteiger partial charge in [-0.05, 0) is 38.4 Å². The van der Waals surface area contributed by atoms with Gasteiger partial charge in [-0.2, -0.15) is 0 Å². The molecule has 2 aromatic rings. The molecule has 1 aliphatic heterocycles. The Bertz CT molecular complexity index is 718. The Balaban J connectivity index is 1.59. The van der Waals surface area contributed by atoms with E-state index in [1.807, 2.05) is 37.2 Å². The minimum Gasteiger partial charge on any atom is -0.454 e. The number of nitrogens with one attached hydrogen (secondary N) is 2. The maximum atomic E-state index is 11.9. The van der Waals surface area contributed by atoms with Crippen LogP contribution in [0.1, 0.15) is 10.5 Å². The molecule has 2 N–H and O–H groups in total. The number of carbonyl (C=O) groups is 1. The molecule has 0 unspecified atom stereocenters. The first kappa shape index (κ1) is 16.0. The topological polar surface area (TPSA) is 88.6 Å². The molecule has 1 amide bonds. The molecule has 8 nitrogen and oxygen atoms in total. The van der Waals surface area contributed by atoms with E-state index in [-0.39, 0.29) is 18.4 Å². The van der Waals surface area contributed by atoms with Gasteiger partial charge in [-0.15, -0.1) is 10.2 Å². The number of hydrogen-bond donors (Lipinski definition) is 2. The first-order valence-corrected chi connectivity index (χ1v) is 7.55. The van der Waals surface area contributed by atoms with Crippen LogP contribution in [-0.4, -0.2) is 55.0 Å². The number of benzene rings is 1. The molecule has 1 aromatic carbocycles. The molecule has 0 aliphatic carbocycles. The first-order chi connectivity index (χ1) is 11.6. The summed E-state index contributed by atoms with van der Waals surface area (Å²) in [5.74, 6) is 1.71. The quantitative estimate of drug-likeness (QED) is 0.824. The van der Waals surface area contributed by atoms with Gasteiger partial charge in [0.1, 0.15) is 0 Å². The molecule has 0 atom stereocenters. The van der Waals surface area contributed by atoms with E-state index in [9.17, 15) is 4.79 Å². The van der Waals surface area contributed by atoms with Crippen molar-refractivity contribution in [2.24, 2.45) is 0 Å². The Hall–Kier alpha value is -2.87. The number of hydrogen-bond acceptors (Lipinski definition) is 7. The number of likely N-dealkylation sites (N-methyl/N-ethyl adjacent to an activating group) is 1. The zero-order valence-electron chi connectivity index (χ0n) is 13.6. The van der Waals surface area contributed by atoms with Gasteiger partial charge in [0.15, 0.2) is 23.0 Å². The summed E-state index contributed by atoms with van der Waals surface area (Å²) >= 11 is 0. The highest BCUT2D eigenvalue weighted by Gasteiger charge is 2.13. The molecular weight excluding hydrogens is 310 g/mol. The van der Waals surface area contributed by atoms with Gasteiger partial charge in [0.25, 0.3) is 5.91 Å². The van der Waals surface area contributed by atoms with Crippen LogP contribution in [0.25, 0.3) is 0 Å². The van der Waals surface area contributed by atoms with Crippen molar-refractivity contribution >= 4 is 17.4 Å². The van der Waals surface area contributed by atoms with Crippen molar-refractivity contribution in [3.63, 3.8) is 0 Å². The van der Waals surface area contributed by atoms with Crippen molar-refractivity contribution in [2.75, 3.05) is 39.3 Å². The van der Waals surface area contributed by atoms with Gasteiger partial charge in [0.2, 0.25) is 6.79 Å². The third-order valence-electron chi connectivity index (χ3n) is 3.39. The SMILES string of the molecule is CN(C)CCNC(=O)c1ccc(Nc2ccc3c(c2)OCO3)nn1. The molecule has 1 aromatic heterocycles. The van der Waals surface area contributed by atoms with E-state index >= 15 is 0 Å². The van der Waals surface area contributed by atoms with E-state index < -0.39 is 0 Å². The third-order valence-corrected chi connectivity index (χ3v) is 3.39. The van der Waals surface area contributed by atoms with Crippen LogP contribution in [0.2, 0.25) is 0 Å². The normalized spacial score (nSPS) is 12.3. The largest absolute Gasteiger partial charge is 0.454 e. The number of rotatable bonds is 6. The fraction of sp³-hybridized carbons (Fsp3) is 0.312. The van der Waals surface area contributed by atoms with Crippen LogP contribution < -0.4 is 20.1 Å². The standard InChI is InChI=1S/C16H19N5O3/c1-21(2)8-7-17-16(22)12-4-6-15(20-19-12)18-11-3-5-13-14(9-11)24-10-23-13/h3-6,9H,7-8,10H2,1-2H3,(H,17,22)(H,18,20). The molecule has 0 saturated carbocycles. The molecule has 0 bridgehead atoms. The van der Waals surface area contributed by atoms with Crippen molar-refractivity contribution in [3.8, 4) is 11.5 Å². The smallest absolute Gasteiger partial charge is 0.271 e. The highest BCUT2D eigenvalue weighted by Crippen LogP contribution is 2.34. The van der Waals surface area contributed by atoms with Crippen molar-refractivity contribution < 1.29 is 14.3 Å². The maximum absolute atomic E-state index is 11.9. The summed E-state index contributed by atoms with van der Waals surface area (Å²) < 4.78 is 10.6. The third kappa shape index (κ3) is 3.90. The number of carbonyl (C=O) groups excluding carboxylic acids is 1. The molecule has 2 heterocycles. The van der Waals surface area contributed by atoms with Crippen LogP contribution >= 0.6 is 0 Å². The molecule has 1 aliphatic rings. The molecule has 0 radical (unpaired) electrons. The summed E-state index contributed by atoms with van der Waals surface area (Å²) in [6.45, 7) is 1.56. The molecule has 126 valence electrons. The summed E-state index contributed by atoms with van der Waals surface area (Å²) in [6.07, 6.45) is 0. The van der Waals surface area contributed by atoms with Crippen LogP contribution in [0, 0.1) is 0 Å². The van der Waals surface area contributed by atoms with E-state index in [0.29, 0.717) is 18.1 Å². The Morgan fingerprint density at radius 3 is 2.75 bits per heavy atom. The first-order valence-electron chi connectivity index (χ1n) is 7.55. The Morgan fingerprint density at radius 2 is 2.00 bits per heavy atom. The van der Waals surface area contributed by atoms with Gasteiger partial charge in [0.05, 0.1) is 0 Å². The van der Waals surface area contributed by atoms with Crippen molar-refractivity contribution in [1.29, 1.82) is 0 Å². The molecular formula is C16H19N5O3.